The monoisotopic (exact) mass is 260 g/mol. The molecular formula is C17H28N2. The Bertz CT molecular complexity index is 418. The first kappa shape index (κ1) is 14.5. The Labute approximate surface area is 117 Å². The molecule has 0 amide bonds. The number of nitrogens with one attached hydrogen (secondary N) is 1. The average molecular weight is 260 g/mol. The number of hydrogen-bond acceptors (Lipinski definition) is 2. The molecule has 106 valence electrons. The molecule has 1 unspecified atom stereocenters. The minimum atomic E-state index is -0.301. The standard InChI is InChI=1S/C17H28N2/c1-15(2)14(16(15,3)4)11-19-12-17(5,18)13-9-7-6-8-10-13/h6-10,14,19H,11-12,18H2,1-5H3. The summed E-state index contributed by atoms with van der Waals surface area (Å²) in [4.78, 5) is 0. The summed E-state index contributed by atoms with van der Waals surface area (Å²) in [5.41, 5.74) is 8.19. The van der Waals surface area contributed by atoms with Crippen LogP contribution in [0.15, 0.2) is 30.3 Å². The van der Waals surface area contributed by atoms with Gasteiger partial charge in [-0.1, -0.05) is 58.0 Å². The lowest BCUT2D eigenvalue weighted by atomic mass is 9.93. The second-order valence-corrected chi connectivity index (χ2v) is 7.41. The van der Waals surface area contributed by atoms with Crippen LogP contribution in [0.2, 0.25) is 0 Å². The van der Waals surface area contributed by atoms with Gasteiger partial charge in [0.05, 0.1) is 5.54 Å². The third-order valence-electron chi connectivity index (χ3n) is 5.59. The van der Waals surface area contributed by atoms with Crippen molar-refractivity contribution in [1.82, 2.24) is 5.32 Å². The van der Waals surface area contributed by atoms with Gasteiger partial charge in [-0.05, 0) is 35.8 Å². The van der Waals surface area contributed by atoms with Crippen LogP contribution in [-0.4, -0.2) is 13.1 Å². The van der Waals surface area contributed by atoms with Gasteiger partial charge in [0.15, 0.2) is 0 Å². The zero-order valence-corrected chi connectivity index (χ0v) is 13.0. The van der Waals surface area contributed by atoms with Gasteiger partial charge in [0, 0.05) is 6.54 Å². The maximum Gasteiger partial charge on any atom is 0.0507 e. The van der Waals surface area contributed by atoms with Crippen LogP contribution in [0, 0.1) is 16.7 Å². The molecule has 1 saturated carbocycles. The highest BCUT2D eigenvalue weighted by atomic mass is 15.0. The van der Waals surface area contributed by atoms with Crippen molar-refractivity contribution in [3.05, 3.63) is 35.9 Å². The van der Waals surface area contributed by atoms with E-state index in [1.807, 2.05) is 18.2 Å². The van der Waals surface area contributed by atoms with E-state index in [9.17, 15) is 0 Å². The van der Waals surface area contributed by atoms with E-state index >= 15 is 0 Å². The van der Waals surface area contributed by atoms with Crippen LogP contribution in [0.4, 0.5) is 0 Å². The van der Waals surface area contributed by atoms with E-state index in [1.54, 1.807) is 0 Å². The maximum atomic E-state index is 6.42. The quantitative estimate of drug-likeness (QED) is 0.853. The molecule has 19 heavy (non-hydrogen) atoms. The van der Waals surface area contributed by atoms with Gasteiger partial charge in [-0.3, -0.25) is 0 Å². The third kappa shape index (κ3) is 2.56. The maximum absolute atomic E-state index is 6.42. The van der Waals surface area contributed by atoms with E-state index in [-0.39, 0.29) is 5.54 Å². The minimum Gasteiger partial charge on any atom is -0.321 e. The first-order valence-corrected chi connectivity index (χ1v) is 7.25. The van der Waals surface area contributed by atoms with E-state index in [0.717, 1.165) is 19.0 Å². The van der Waals surface area contributed by atoms with Crippen molar-refractivity contribution in [2.24, 2.45) is 22.5 Å². The Balaban J connectivity index is 1.87. The van der Waals surface area contributed by atoms with E-state index in [1.165, 1.54) is 5.56 Å². The lowest BCUT2D eigenvalue weighted by molar-refractivity contribution is 0.424. The van der Waals surface area contributed by atoms with Gasteiger partial charge in [-0.25, -0.2) is 0 Å². The summed E-state index contributed by atoms with van der Waals surface area (Å²) in [6.07, 6.45) is 0. The Morgan fingerprint density at radius 1 is 1.11 bits per heavy atom. The molecule has 0 aromatic heterocycles. The smallest absolute Gasteiger partial charge is 0.0507 e. The second kappa shape index (κ2) is 4.60. The molecule has 0 radical (unpaired) electrons. The molecule has 0 bridgehead atoms. The van der Waals surface area contributed by atoms with Crippen LogP contribution in [0.1, 0.15) is 40.2 Å². The van der Waals surface area contributed by atoms with E-state index in [4.69, 9.17) is 5.73 Å². The van der Waals surface area contributed by atoms with Crippen molar-refractivity contribution in [2.45, 2.75) is 40.2 Å². The van der Waals surface area contributed by atoms with Gasteiger partial charge in [0.1, 0.15) is 0 Å². The van der Waals surface area contributed by atoms with E-state index in [0.29, 0.717) is 10.8 Å². The summed E-state index contributed by atoms with van der Waals surface area (Å²) in [6, 6.07) is 10.3. The highest BCUT2D eigenvalue weighted by molar-refractivity contribution is 5.23. The summed E-state index contributed by atoms with van der Waals surface area (Å²) in [5, 5.41) is 3.57. The fraction of sp³-hybridized carbons (Fsp3) is 0.647. The molecule has 1 atom stereocenters. The van der Waals surface area contributed by atoms with Crippen LogP contribution in [-0.2, 0) is 5.54 Å². The predicted molar refractivity (Wildman–Crippen MR) is 81.9 cm³/mol. The molecule has 1 fully saturated rings. The Morgan fingerprint density at radius 2 is 1.63 bits per heavy atom. The van der Waals surface area contributed by atoms with Gasteiger partial charge in [0.25, 0.3) is 0 Å². The van der Waals surface area contributed by atoms with Crippen molar-refractivity contribution < 1.29 is 0 Å². The summed E-state index contributed by atoms with van der Waals surface area (Å²) < 4.78 is 0. The highest BCUT2D eigenvalue weighted by Crippen LogP contribution is 2.67. The molecule has 1 aromatic carbocycles. The second-order valence-electron chi connectivity index (χ2n) is 7.41. The number of hydrogen-bond donors (Lipinski definition) is 2. The number of nitrogens with two attached hydrogens (primary N) is 1. The molecule has 0 saturated heterocycles. The van der Waals surface area contributed by atoms with Gasteiger partial charge >= 0.3 is 0 Å². The molecule has 3 N–H and O–H groups in total. The van der Waals surface area contributed by atoms with Crippen molar-refractivity contribution in [1.29, 1.82) is 0 Å². The molecule has 2 rings (SSSR count). The zero-order valence-electron chi connectivity index (χ0n) is 13.0. The lowest BCUT2D eigenvalue weighted by Crippen LogP contribution is -2.44. The van der Waals surface area contributed by atoms with Crippen LogP contribution < -0.4 is 11.1 Å². The normalized spacial score (nSPS) is 23.9. The van der Waals surface area contributed by atoms with Crippen molar-refractivity contribution in [3.8, 4) is 0 Å². The lowest BCUT2D eigenvalue weighted by Gasteiger charge is -2.26. The fourth-order valence-corrected chi connectivity index (χ4v) is 3.24. The van der Waals surface area contributed by atoms with Gasteiger partial charge < -0.3 is 11.1 Å². The number of rotatable bonds is 5. The molecule has 0 heterocycles. The highest BCUT2D eigenvalue weighted by Gasteiger charge is 2.63. The van der Waals surface area contributed by atoms with Crippen LogP contribution in [0.3, 0.4) is 0 Å². The molecule has 0 aliphatic heterocycles. The summed E-state index contributed by atoms with van der Waals surface area (Å²) in [5.74, 6) is 0.742. The largest absolute Gasteiger partial charge is 0.321 e. The molecular weight excluding hydrogens is 232 g/mol. The SMILES string of the molecule is CC(N)(CNCC1C(C)(C)C1(C)C)c1ccccc1. The minimum absolute atomic E-state index is 0.301. The molecule has 1 aliphatic carbocycles. The molecule has 2 heteroatoms. The van der Waals surface area contributed by atoms with Crippen LogP contribution >= 0.6 is 0 Å². The Kier molecular flexibility index (Phi) is 3.53. The van der Waals surface area contributed by atoms with Crippen molar-refractivity contribution >= 4 is 0 Å². The van der Waals surface area contributed by atoms with Gasteiger partial charge in [-0.15, -0.1) is 0 Å². The molecule has 1 aliphatic rings. The van der Waals surface area contributed by atoms with Crippen molar-refractivity contribution in [2.75, 3.05) is 13.1 Å². The topological polar surface area (TPSA) is 38.0 Å². The molecule has 1 aromatic rings. The molecule has 2 nitrogen and oxygen atoms in total. The molecule has 0 spiro atoms. The summed E-state index contributed by atoms with van der Waals surface area (Å²) >= 11 is 0. The van der Waals surface area contributed by atoms with Crippen molar-refractivity contribution in [3.63, 3.8) is 0 Å². The third-order valence-corrected chi connectivity index (χ3v) is 5.59. The summed E-state index contributed by atoms with van der Waals surface area (Å²) in [6.45, 7) is 13.4. The first-order chi connectivity index (χ1) is 8.69. The van der Waals surface area contributed by atoms with E-state index in [2.05, 4.69) is 52.1 Å². The Hall–Kier alpha value is -0.860. The van der Waals surface area contributed by atoms with Gasteiger partial charge in [0.2, 0.25) is 0 Å². The summed E-state index contributed by atoms with van der Waals surface area (Å²) in [7, 11) is 0. The van der Waals surface area contributed by atoms with Crippen LogP contribution in [0.25, 0.3) is 0 Å². The van der Waals surface area contributed by atoms with Crippen LogP contribution in [0.5, 0.6) is 0 Å². The zero-order chi connectivity index (χ0) is 14.3. The number of benzene rings is 1. The predicted octanol–water partition coefficient (Wildman–Crippen LogP) is 3.13. The fourth-order valence-electron chi connectivity index (χ4n) is 3.24. The van der Waals surface area contributed by atoms with Gasteiger partial charge in [-0.2, -0.15) is 0 Å². The van der Waals surface area contributed by atoms with E-state index < -0.39 is 0 Å². The Morgan fingerprint density at radius 3 is 2.11 bits per heavy atom. The average Bonchev–Trinajstić information content (AvgIpc) is 2.72. The first-order valence-electron chi connectivity index (χ1n) is 7.25.